The van der Waals surface area contributed by atoms with Crippen molar-refractivity contribution in [2.75, 3.05) is 6.61 Å². The molecule has 3 rings (SSSR count). The number of rotatable bonds is 10. The van der Waals surface area contributed by atoms with Crippen molar-refractivity contribution in [3.05, 3.63) is 54.1 Å². The highest BCUT2D eigenvalue weighted by Gasteiger charge is 2.34. The third-order valence-electron chi connectivity index (χ3n) is 6.42. The zero-order chi connectivity index (χ0) is 20.5. The largest absolute Gasteiger partial charge is 0.494 e. The van der Waals surface area contributed by atoms with E-state index in [0.29, 0.717) is 18.8 Å². The van der Waals surface area contributed by atoms with Crippen molar-refractivity contribution in [3.63, 3.8) is 0 Å². The first-order valence-electron chi connectivity index (χ1n) is 11.7. The molecule has 0 unspecified atom stereocenters. The molecule has 0 N–H and O–H groups in total. The van der Waals surface area contributed by atoms with E-state index in [0.717, 1.165) is 44.5 Å². The quantitative estimate of drug-likeness (QED) is 0.366. The van der Waals surface area contributed by atoms with Gasteiger partial charge in [-0.3, -0.25) is 0 Å². The van der Waals surface area contributed by atoms with Crippen LogP contribution in [-0.2, 0) is 0 Å². The number of alkyl halides is 1. The van der Waals surface area contributed by atoms with E-state index in [9.17, 15) is 4.39 Å². The minimum absolute atomic E-state index is 0.508. The molecular formula is C27H37FO. The van der Waals surface area contributed by atoms with Crippen molar-refractivity contribution in [1.82, 2.24) is 0 Å². The maximum Gasteiger partial charge on any atom is 0.119 e. The van der Waals surface area contributed by atoms with Crippen molar-refractivity contribution >= 4 is 0 Å². The fourth-order valence-electron chi connectivity index (χ4n) is 4.58. The molecule has 1 nitrogen and oxygen atoms in total. The number of hydrogen-bond acceptors (Lipinski definition) is 1. The normalized spacial score (nSPS) is 21.8. The van der Waals surface area contributed by atoms with Gasteiger partial charge >= 0.3 is 0 Å². The average Bonchev–Trinajstić information content (AvgIpc) is 2.75. The number of unbranched alkanes of at least 4 members (excludes halogenated alkanes) is 3. The Morgan fingerprint density at radius 2 is 1.45 bits per heavy atom. The van der Waals surface area contributed by atoms with Gasteiger partial charge in [0.15, 0.2) is 0 Å². The summed E-state index contributed by atoms with van der Waals surface area (Å²) in [5.41, 5.74) is 2.89. The van der Waals surface area contributed by atoms with Crippen LogP contribution in [0.1, 0.15) is 89.5 Å². The van der Waals surface area contributed by atoms with Crippen LogP contribution in [0.15, 0.2) is 48.5 Å². The lowest BCUT2D eigenvalue weighted by Crippen LogP contribution is -2.28. The van der Waals surface area contributed by atoms with Gasteiger partial charge in [-0.15, -0.1) is 0 Å². The standard InChI is InChI=1S/C27H37FO/c1-3-5-6-7-21-29-26-14-12-24(13-15-26)22-8-10-23(11-9-22)25-16-19-27(28,18-4-2)20-17-25/h8-15,25H,3-7,16-21H2,1-2H3. The van der Waals surface area contributed by atoms with Crippen LogP contribution in [0.5, 0.6) is 5.75 Å². The van der Waals surface area contributed by atoms with E-state index in [1.165, 1.54) is 36.0 Å². The van der Waals surface area contributed by atoms with Crippen LogP contribution in [0.3, 0.4) is 0 Å². The zero-order valence-corrected chi connectivity index (χ0v) is 18.3. The lowest BCUT2D eigenvalue weighted by Gasteiger charge is -2.34. The minimum Gasteiger partial charge on any atom is -0.494 e. The van der Waals surface area contributed by atoms with Crippen molar-refractivity contribution < 1.29 is 9.13 Å². The van der Waals surface area contributed by atoms with Crippen LogP contribution in [0, 0.1) is 0 Å². The Labute approximate surface area is 176 Å². The zero-order valence-electron chi connectivity index (χ0n) is 18.3. The highest BCUT2D eigenvalue weighted by molar-refractivity contribution is 5.64. The fraction of sp³-hybridized carbons (Fsp3) is 0.556. The van der Waals surface area contributed by atoms with Gasteiger partial charge in [0.2, 0.25) is 0 Å². The molecule has 1 aliphatic rings. The van der Waals surface area contributed by atoms with Crippen LogP contribution in [0.2, 0.25) is 0 Å². The molecule has 0 bridgehead atoms. The average molecular weight is 397 g/mol. The van der Waals surface area contributed by atoms with Gasteiger partial charge in [0, 0.05) is 0 Å². The Kier molecular flexibility index (Phi) is 8.15. The second-order valence-electron chi connectivity index (χ2n) is 8.73. The molecule has 0 aromatic heterocycles. The topological polar surface area (TPSA) is 9.23 Å². The van der Waals surface area contributed by atoms with E-state index in [4.69, 9.17) is 4.74 Å². The molecule has 0 spiro atoms. The summed E-state index contributed by atoms with van der Waals surface area (Å²) in [7, 11) is 0. The second-order valence-corrected chi connectivity index (χ2v) is 8.73. The van der Waals surface area contributed by atoms with E-state index in [2.05, 4.69) is 62.4 Å². The predicted molar refractivity (Wildman–Crippen MR) is 121 cm³/mol. The van der Waals surface area contributed by atoms with E-state index in [-0.39, 0.29) is 0 Å². The highest BCUT2D eigenvalue weighted by Crippen LogP contribution is 2.42. The van der Waals surface area contributed by atoms with Crippen LogP contribution in [0.25, 0.3) is 11.1 Å². The number of hydrogen-bond donors (Lipinski definition) is 0. The Morgan fingerprint density at radius 3 is 2.03 bits per heavy atom. The smallest absolute Gasteiger partial charge is 0.119 e. The molecule has 29 heavy (non-hydrogen) atoms. The number of ether oxygens (including phenoxy) is 1. The van der Waals surface area contributed by atoms with Gasteiger partial charge in [0.05, 0.1) is 6.61 Å². The van der Waals surface area contributed by atoms with Crippen molar-refractivity contribution in [2.45, 2.75) is 89.6 Å². The maximum atomic E-state index is 14.7. The van der Waals surface area contributed by atoms with Gasteiger partial charge in [-0.25, -0.2) is 4.39 Å². The first kappa shape index (κ1) is 21.9. The lowest BCUT2D eigenvalue weighted by atomic mass is 9.75. The molecule has 2 aromatic carbocycles. The molecule has 158 valence electrons. The molecule has 1 saturated carbocycles. The molecule has 0 saturated heterocycles. The SMILES string of the molecule is CCCCCCOc1ccc(-c2ccc(C3CCC(F)(CCC)CC3)cc2)cc1. The summed E-state index contributed by atoms with van der Waals surface area (Å²) in [6.07, 6.45) is 9.94. The lowest BCUT2D eigenvalue weighted by molar-refractivity contribution is 0.0874. The molecule has 1 aliphatic carbocycles. The third kappa shape index (κ3) is 6.32. The van der Waals surface area contributed by atoms with Gasteiger partial charge in [-0.2, -0.15) is 0 Å². The third-order valence-corrected chi connectivity index (χ3v) is 6.42. The summed E-state index contributed by atoms with van der Waals surface area (Å²) in [5.74, 6) is 1.46. The Balaban J connectivity index is 1.52. The highest BCUT2D eigenvalue weighted by atomic mass is 19.1. The van der Waals surface area contributed by atoms with Crippen LogP contribution in [-0.4, -0.2) is 12.3 Å². The summed E-state index contributed by atoms with van der Waals surface area (Å²) in [4.78, 5) is 0. The molecule has 2 aromatic rings. The summed E-state index contributed by atoms with van der Waals surface area (Å²) in [6, 6.07) is 17.3. The Bertz CT molecular complexity index is 711. The van der Waals surface area contributed by atoms with Gasteiger partial charge in [0.25, 0.3) is 0 Å². The Hall–Kier alpha value is -1.83. The van der Waals surface area contributed by atoms with Gasteiger partial charge in [0.1, 0.15) is 11.4 Å². The van der Waals surface area contributed by atoms with Gasteiger partial charge < -0.3 is 4.74 Å². The second kappa shape index (κ2) is 10.8. The van der Waals surface area contributed by atoms with Crippen molar-refractivity contribution in [3.8, 4) is 16.9 Å². The molecule has 2 heteroatoms. The minimum atomic E-state index is -0.912. The molecule has 1 fully saturated rings. The molecule has 0 heterocycles. The Morgan fingerprint density at radius 1 is 0.828 bits per heavy atom. The summed E-state index contributed by atoms with van der Waals surface area (Å²) < 4.78 is 20.5. The van der Waals surface area contributed by atoms with E-state index in [1.807, 2.05) is 0 Å². The van der Waals surface area contributed by atoms with Gasteiger partial charge in [-0.1, -0.05) is 75.9 Å². The number of halogens is 1. The van der Waals surface area contributed by atoms with Crippen LogP contribution in [0.4, 0.5) is 4.39 Å². The molecule has 0 aliphatic heterocycles. The van der Waals surface area contributed by atoms with Crippen molar-refractivity contribution in [1.29, 1.82) is 0 Å². The molecule has 0 radical (unpaired) electrons. The molecular weight excluding hydrogens is 359 g/mol. The predicted octanol–water partition coefficient (Wildman–Crippen LogP) is 8.48. The summed E-state index contributed by atoms with van der Waals surface area (Å²) >= 11 is 0. The summed E-state index contributed by atoms with van der Waals surface area (Å²) in [5, 5.41) is 0. The van der Waals surface area contributed by atoms with E-state index < -0.39 is 5.67 Å². The van der Waals surface area contributed by atoms with E-state index in [1.54, 1.807) is 0 Å². The van der Waals surface area contributed by atoms with Crippen molar-refractivity contribution in [2.24, 2.45) is 0 Å². The van der Waals surface area contributed by atoms with Crippen LogP contribution < -0.4 is 4.74 Å². The summed E-state index contributed by atoms with van der Waals surface area (Å²) in [6.45, 7) is 5.11. The molecule has 0 atom stereocenters. The number of benzene rings is 2. The van der Waals surface area contributed by atoms with Gasteiger partial charge in [-0.05, 0) is 73.3 Å². The maximum absolute atomic E-state index is 14.7. The monoisotopic (exact) mass is 396 g/mol. The molecule has 0 amide bonds. The fourth-order valence-corrected chi connectivity index (χ4v) is 4.58. The van der Waals surface area contributed by atoms with E-state index >= 15 is 0 Å². The van der Waals surface area contributed by atoms with Crippen LogP contribution >= 0.6 is 0 Å². The first-order chi connectivity index (χ1) is 14.1. The first-order valence-corrected chi connectivity index (χ1v) is 11.7.